The van der Waals surface area contributed by atoms with Crippen LogP contribution in [0.25, 0.3) is 0 Å². The molecule has 2 N–H and O–H groups in total. The first-order valence-electron chi connectivity index (χ1n) is 6.47. The van der Waals surface area contributed by atoms with Gasteiger partial charge in [0.05, 0.1) is 6.54 Å². The van der Waals surface area contributed by atoms with Crippen LogP contribution in [-0.4, -0.2) is 23.7 Å². The highest BCUT2D eigenvalue weighted by molar-refractivity contribution is 5.79. The van der Waals surface area contributed by atoms with Crippen molar-refractivity contribution in [3.05, 3.63) is 35.9 Å². The monoisotopic (exact) mass is 287 g/mol. The Hall–Kier alpha value is -1.56. The molecule has 1 aliphatic carbocycles. The zero-order valence-corrected chi connectivity index (χ0v) is 10.8. The van der Waals surface area contributed by atoms with Crippen LogP contribution >= 0.6 is 0 Å². The summed E-state index contributed by atoms with van der Waals surface area (Å²) in [4.78, 5) is 11.6. The van der Waals surface area contributed by atoms with E-state index >= 15 is 0 Å². The molecule has 20 heavy (non-hydrogen) atoms. The highest BCUT2D eigenvalue weighted by atomic mass is 19.4. The van der Waals surface area contributed by atoms with E-state index in [2.05, 4.69) is 5.32 Å². The molecule has 1 aromatic rings. The number of hydrogen-bond acceptors (Lipinski definition) is 2. The van der Waals surface area contributed by atoms with Gasteiger partial charge in [-0.1, -0.05) is 36.8 Å². The van der Waals surface area contributed by atoms with E-state index in [0.717, 1.165) is 6.42 Å². The summed E-state index contributed by atoms with van der Waals surface area (Å²) < 4.78 is 39.4. The summed E-state index contributed by atoms with van der Waals surface area (Å²) in [7, 11) is 0. The van der Waals surface area contributed by atoms with Crippen LogP contribution in [0.5, 0.6) is 0 Å². The molecule has 1 amide bonds. The molecule has 1 aromatic carbocycles. The molecular formula is C14H16F3NO2. The molecule has 0 radical (unpaired) electrons. The van der Waals surface area contributed by atoms with Gasteiger partial charge in [0.1, 0.15) is 0 Å². The number of amides is 1. The lowest BCUT2D eigenvalue weighted by atomic mass is 9.84. The Labute approximate surface area is 114 Å². The van der Waals surface area contributed by atoms with Gasteiger partial charge >= 0.3 is 6.18 Å². The Balaban J connectivity index is 2.13. The van der Waals surface area contributed by atoms with Crippen LogP contribution in [0.3, 0.4) is 0 Å². The molecular weight excluding hydrogens is 271 g/mol. The average Bonchev–Trinajstić information content (AvgIpc) is 2.33. The molecule has 0 aromatic heterocycles. The first-order chi connectivity index (χ1) is 9.34. The minimum atomic E-state index is -4.86. The second-order valence-corrected chi connectivity index (χ2v) is 5.07. The van der Waals surface area contributed by atoms with Crippen molar-refractivity contribution in [2.24, 2.45) is 5.92 Å². The van der Waals surface area contributed by atoms with Crippen LogP contribution in [0.2, 0.25) is 0 Å². The normalized spacial score (nSPS) is 19.0. The van der Waals surface area contributed by atoms with Gasteiger partial charge in [-0.05, 0) is 18.4 Å². The van der Waals surface area contributed by atoms with Gasteiger partial charge in [-0.15, -0.1) is 0 Å². The molecule has 0 heterocycles. The molecule has 0 saturated heterocycles. The maximum absolute atomic E-state index is 13.1. The van der Waals surface area contributed by atoms with E-state index in [0.29, 0.717) is 12.8 Å². The Morgan fingerprint density at radius 1 is 1.25 bits per heavy atom. The van der Waals surface area contributed by atoms with Crippen molar-refractivity contribution in [1.82, 2.24) is 5.32 Å². The minimum Gasteiger partial charge on any atom is -0.375 e. The van der Waals surface area contributed by atoms with Crippen LogP contribution in [0, 0.1) is 5.92 Å². The van der Waals surface area contributed by atoms with E-state index in [1.54, 1.807) is 6.07 Å². The standard InChI is InChI=1S/C14H16F3NO2/c15-14(16,17)13(20,11-7-2-1-3-8-11)9-18-12(19)10-5-4-6-10/h1-3,7-8,10,20H,4-6,9H2,(H,18,19)/t13-/m0/s1. The summed E-state index contributed by atoms with van der Waals surface area (Å²) >= 11 is 0. The fraction of sp³-hybridized carbons (Fsp3) is 0.500. The highest BCUT2D eigenvalue weighted by Gasteiger charge is 2.55. The third kappa shape index (κ3) is 2.80. The number of carbonyl (C=O) groups excluding carboxylic acids is 1. The molecule has 3 nitrogen and oxygen atoms in total. The molecule has 6 heteroatoms. The quantitative estimate of drug-likeness (QED) is 0.893. The summed E-state index contributed by atoms with van der Waals surface area (Å²) in [5.74, 6) is -0.641. The summed E-state index contributed by atoms with van der Waals surface area (Å²) in [6.07, 6.45) is -2.55. The fourth-order valence-corrected chi connectivity index (χ4v) is 2.11. The highest BCUT2D eigenvalue weighted by Crippen LogP contribution is 2.38. The number of carbonyl (C=O) groups is 1. The van der Waals surface area contributed by atoms with Gasteiger partial charge in [-0.25, -0.2) is 0 Å². The summed E-state index contributed by atoms with van der Waals surface area (Å²) in [5.41, 5.74) is -3.34. The second kappa shape index (κ2) is 5.44. The van der Waals surface area contributed by atoms with Crippen LogP contribution in [0.4, 0.5) is 13.2 Å². The molecule has 1 fully saturated rings. The maximum Gasteiger partial charge on any atom is 0.423 e. The topological polar surface area (TPSA) is 49.3 Å². The molecule has 1 aliphatic rings. The lowest BCUT2D eigenvalue weighted by Gasteiger charge is -2.32. The number of benzene rings is 1. The van der Waals surface area contributed by atoms with Crippen LogP contribution < -0.4 is 5.32 Å². The number of aliphatic hydroxyl groups is 1. The van der Waals surface area contributed by atoms with E-state index in [-0.39, 0.29) is 11.5 Å². The summed E-state index contributed by atoms with van der Waals surface area (Å²) in [5, 5.41) is 12.2. The zero-order chi connectivity index (χ0) is 14.8. The van der Waals surface area contributed by atoms with Gasteiger partial charge in [0, 0.05) is 5.92 Å². The maximum atomic E-state index is 13.1. The second-order valence-electron chi connectivity index (χ2n) is 5.07. The number of rotatable bonds is 4. The van der Waals surface area contributed by atoms with E-state index in [4.69, 9.17) is 0 Å². The Morgan fingerprint density at radius 2 is 1.85 bits per heavy atom. The van der Waals surface area contributed by atoms with Crippen molar-refractivity contribution in [2.75, 3.05) is 6.54 Å². The van der Waals surface area contributed by atoms with Crippen LogP contribution in [0.1, 0.15) is 24.8 Å². The van der Waals surface area contributed by atoms with Gasteiger partial charge in [-0.2, -0.15) is 13.2 Å². The minimum absolute atomic E-state index is 0.219. The van der Waals surface area contributed by atoms with E-state index in [9.17, 15) is 23.1 Å². The van der Waals surface area contributed by atoms with Gasteiger partial charge < -0.3 is 10.4 Å². The van der Waals surface area contributed by atoms with Crippen molar-refractivity contribution in [2.45, 2.75) is 31.0 Å². The van der Waals surface area contributed by atoms with Gasteiger partial charge in [-0.3, -0.25) is 4.79 Å². The predicted molar refractivity (Wildman–Crippen MR) is 66.7 cm³/mol. The summed E-state index contributed by atoms with van der Waals surface area (Å²) in [6.45, 7) is -0.865. The molecule has 110 valence electrons. The largest absolute Gasteiger partial charge is 0.423 e. The van der Waals surface area contributed by atoms with Crippen molar-refractivity contribution >= 4 is 5.91 Å². The first-order valence-corrected chi connectivity index (χ1v) is 6.47. The SMILES string of the molecule is O=C(NC[C@](O)(c1ccccc1)C(F)(F)F)C1CCC1. The molecule has 1 atom stereocenters. The smallest absolute Gasteiger partial charge is 0.375 e. The zero-order valence-electron chi connectivity index (χ0n) is 10.8. The number of halogens is 3. The lowest BCUT2D eigenvalue weighted by molar-refractivity contribution is -0.264. The number of alkyl halides is 3. The van der Waals surface area contributed by atoms with Crippen molar-refractivity contribution in [3.63, 3.8) is 0 Å². The Bertz CT molecular complexity index is 471. The Kier molecular flexibility index (Phi) is 4.04. The van der Waals surface area contributed by atoms with Gasteiger partial charge in [0.25, 0.3) is 0 Å². The van der Waals surface area contributed by atoms with Crippen molar-refractivity contribution in [1.29, 1.82) is 0 Å². The third-order valence-corrected chi connectivity index (χ3v) is 3.71. The summed E-state index contributed by atoms with van der Waals surface area (Å²) in [6, 6.07) is 6.79. The number of hydrogen-bond donors (Lipinski definition) is 2. The van der Waals surface area contributed by atoms with Gasteiger partial charge in [0.2, 0.25) is 11.5 Å². The van der Waals surface area contributed by atoms with Gasteiger partial charge in [0.15, 0.2) is 0 Å². The molecule has 0 spiro atoms. The lowest BCUT2D eigenvalue weighted by Crippen LogP contribution is -2.52. The van der Waals surface area contributed by atoms with Crippen LogP contribution in [0.15, 0.2) is 30.3 Å². The molecule has 0 bridgehead atoms. The van der Waals surface area contributed by atoms with Crippen molar-refractivity contribution < 1.29 is 23.1 Å². The number of nitrogens with one attached hydrogen (secondary N) is 1. The third-order valence-electron chi connectivity index (χ3n) is 3.71. The van der Waals surface area contributed by atoms with Crippen molar-refractivity contribution in [3.8, 4) is 0 Å². The molecule has 1 saturated carbocycles. The van der Waals surface area contributed by atoms with E-state index in [1.807, 2.05) is 0 Å². The Morgan fingerprint density at radius 3 is 2.30 bits per heavy atom. The molecule has 0 unspecified atom stereocenters. The first kappa shape index (κ1) is 14.8. The molecule has 0 aliphatic heterocycles. The fourth-order valence-electron chi connectivity index (χ4n) is 2.11. The molecule has 2 rings (SSSR count). The predicted octanol–water partition coefficient (Wildman–Crippen LogP) is 2.35. The average molecular weight is 287 g/mol. The van der Waals surface area contributed by atoms with Crippen LogP contribution in [-0.2, 0) is 10.4 Å². The van der Waals surface area contributed by atoms with E-state index < -0.39 is 24.2 Å². The van der Waals surface area contributed by atoms with E-state index in [1.165, 1.54) is 24.3 Å².